The van der Waals surface area contributed by atoms with Crippen LogP contribution in [0, 0.1) is 0 Å². The molecular weight excluding hydrogens is 316 g/mol. The first-order valence-corrected chi connectivity index (χ1v) is 8.50. The van der Waals surface area contributed by atoms with E-state index in [0.717, 1.165) is 41.8 Å². The van der Waals surface area contributed by atoms with Crippen LogP contribution >= 0.6 is 0 Å². The Morgan fingerprint density at radius 1 is 1.12 bits per heavy atom. The van der Waals surface area contributed by atoms with Crippen molar-refractivity contribution in [2.24, 2.45) is 0 Å². The third kappa shape index (κ3) is 3.31. The van der Waals surface area contributed by atoms with Crippen LogP contribution in [0.2, 0.25) is 0 Å². The number of ether oxygens (including phenoxy) is 1. The van der Waals surface area contributed by atoms with Gasteiger partial charge in [0.1, 0.15) is 5.82 Å². The van der Waals surface area contributed by atoms with E-state index in [4.69, 9.17) is 14.7 Å². The van der Waals surface area contributed by atoms with Crippen LogP contribution in [0.15, 0.2) is 48.8 Å². The lowest BCUT2D eigenvalue weighted by molar-refractivity contribution is 0.0222. The SMILES string of the molecule is OCC1CCN(c2nc(-c3cccnc3)nc3ccccc23)CCO1. The van der Waals surface area contributed by atoms with Gasteiger partial charge in [0, 0.05) is 36.4 Å². The summed E-state index contributed by atoms with van der Waals surface area (Å²) in [6, 6.07) is 11.9. The number of aliphatic hydroxyl groups is 1. The van der Waals surface area contributed by atoms with Gasteiger partial charge >= 0.3 is 0 Å². The van der Waals surface area contributed by atoms with E-state index in [-0.39, 0.29) is 12.7 Å². The largest absolute Gasteiger partial charge is 0.394 e. The van der Waals surface area contributed by atoms with Gasteiger partial charge in [-0.15, -0.1) is 0 Å². The highest BCUT2D eigenvalue weighted by molar-refractivity contribution is 5.91. The van der Waals surface area contributed by atoms with Crippen LogP contribution in [-0.2, 0) is 4.74 Å². The van der Waals surface area contributed by atoms with Crippen molar-refractivity contribution in [2.75, 3.05) is 31.2 Å². The number of aromatic nitrogens is 3. The maximum Gasteiger partial charge on any atom is 0.163 e. The molecule has 1 saturated heterocycles. The third-order valence-electron chi connectivity index (χ3n) is 4.44. The van der Waals surface area contributed by atoms with E-state index < -0.39 is 0 Å². The molecule has 0 saturated carbocycles. The summed E-state index contributed by atoms with van der Waals surface area (Å²) in [6.07, 6.45) is 4.20. The van der Waals surface area contributed by atoms with Crippen molar-refractivity contribution in [2.45, 2.75) is 12.5 Å². The van der Waals surface area contributed by atoms with Gasteiger partial charge in [0.25, 0.3) is 0 Å². The number of aliphatic hydroxyl groups excluding tert-OH is 1. The molecule has 1 aliphatic rings. The van der Waals surface area contributed by atoms with Crippen molar-refractivity contribution in [1.29, 1.82) is 0 Å². The molecule has 1 unspecified atom stereocenters. The number of benzene rings is 1. The Morgan fingerprint density at radius 3 is 2.88 bits per heavy atom. The lowest BCUT2D eigenvalue weighted by atomic mass is 10.2. The first-order valence-electron chi connectivity index (χ1n) is 8.50. The van der Waals surface area contributed by atoms with Crippen molar-refractivity contribution < 1.29 is 9.84 Å². The molecule has 1 aromatic carbocycles. The number of nitrogens with zero attached hydrogens (tertiary/aromatic N) is 4. The zero-order valence-corrected chi connectivity index (χ0v) is 13.9. The van der Waals surface area contributed by atoms with Crippen LogP contribution in [0.25, 0.3) is 22.3 Å². The lowest BCUT2D eigenvalue weighted by Gasteiger charge is -2.23. The van der Waals surface area contributed by atoms with E-state index >= 15 is 0 Å². The highest BCUT2D eigenvalue weighted by atomic mass is 16.5. The Bertz CT molecular complexity index is 856. The molecule has 25 heavy (non-hydrogen) atoms. The van der Waals surface area contributed by atoms with Gasteiger partial charge in [-0.2, -0.15) is 0 Å². The fourth-order valence-corrected chi connectivity index (χ4v) is 3.11. The Labute approximate surface area is 146 Å². The van der Waals surface area contributed by atoms with Gasteiger partial charge in [0.15, 0.2) is 5.82 Å². The second-order valence-corrected chi connectivity index (χ2v) is 6.08. The third-order valence-corrected chi connectivity index (χ3v) is 4.44. The number of rotatable bonds is 3. The molecule has 6 nitrogen and oxygen atoms in total. The van der Waals surface area contributed by atoms with Gasteiger partial charge in [-0.3, -0.25) is 4.98 Å². The van der Waals surface area contributed by atoms with Crippen molar-refractivity contribution in [3.8, 4) is 11.4 Å². The predicted octanol–water partition coefficient (Wildman–Crippen LogP) is 2.28. The van der Waals surface area contributed by atoms with Crippen LogP contribution in [0.4, 0.5) is 5.82 Å². The van der Waals surface area contributed by atoms with Crippen LogP contribution in [0.1, 0.15) is 6.42 Å². The lowest BCUT2D eigenvalue weighted by Crippen LogP contribution is -2.27. The molecule has 0 spiro atoms. The average Bonchev–Trinajstić information content (AvgIpc) is 2.93. The molecule has 6 heteroatoms. The van der Waals surface area contributed by atoms with Gasteiger partial charge in [-0.25, -0.2) is 9.97 Å². The van der Waals surface area contributed by atoms with E-state index in [1.807, 2.05) is 36.4 Å². The van der Waals surface area contributed by atoms with Crippen LogP contribution in [0.3, 0.4) is 0 Å². The quantitative estimate of drug-likeness (QED) is 0.791. The highest BCUT2D eigenvalue weighted by Crippen LogP contribution is 2.28. The molecule has 128 valence electrons. The minimum absolute atomic E-state index is 0.0549. The summed E-state index contributed by atoms with van der Waals surface area (Å²) >= 11 is 0. The molecule has 0 amide bonds. The Kier molecular flexibility index (Phi) is 4.54. The Morgan fingerprint density at radius 2 is 2.04 bits per heavy atom. The average molecular weight is 336 g/mol. The molecule has 0 radical (unpaired) electrons. The monoisotopic (exact) mass is 336 g/mol. The fraction of sp³-hybridized carbons (Fsp3) is 0.316. The maximum atomic E-state index is 9.36. The summed E-state index contributed by atoms with van der Waals surface area (Å²) in [6.45, 7) is 2.16. The molecule has 1 N–H and O–H groups in total. The summed E-state index contributed by atoms with van der Waals surface area (Å²) in [7, 11) is 0. The predicted molar refractivity (Wildman–Crippen MR) is 96.4 cm³/mol. The van der Waals surface area contributed by atoms with Crippen molar-refractivity contribution in [1.82, 2.24) is 15.0 Å². The van der Waals surface area contributed by atoms with E-state index in [1.165, 1.54) is 0 Å². The summed E-state index contributed by atoms with van der Waals surface area (Å²) in [5, 5.41) is 10.4. The fourth-order valence-electron chi connectivity index (χ4n) is 3.11. The highest BCUT2D eigenvalue weighted by Gasteiger charge is 2.20. The number of hydrogen-bond donors (Lipinski definition) is 1. The number of para-hydroxylation sites is 1. The van der Waals surface area contributed by atoms with E-state index in [9.17, 15) is 5.11 Å². The first kappa shape index (κ1) is 15.9. The molecule has 0 bridgehead atoms. The zero-order chi connectivity index (χ0) is 17.1. The summed E-state index contributed by atoms with van der Waals surface area (Å²) in [5.41, 5.74) is 1.81. The molecule has 3 heterocycles. The second kappa shape index (κ2) is 7.13. The van der Waals surface area contributed by atoms with Gasteiger partial charge in [-0.05, 0) is 30.7 Å². The molecule has 2 aromatic heterocycles. The van der Waals surface area contributed by atoms with Crippen molar-refractivity contribution >= 4 is 16.7 Å². The molecular formula is C19H20N4O2. The van der Waals surface area contributed by atoms with E-state index in [2.05, 4.69) is 9.88 Å². The Balaban J connectivity index is 1.79. The molecule has 3 aromatic rings. The number of hydrogen-bond acceptors (Lipinski definition) is 6. The van der Waals surface area contributed by atoms with Gasteiger partial charge in [0.2, 0.25) is 0 Å². The zero-order valence-electron chi connectivity index (χ0n) is 13.9. The van der Waals surface area contributed by atoms with E-state index in [0.29, 0.717) is 12.4 Å². The molecule has 1 fully saturated rings. The van der Waals surface area contributed by atoms with Gasteiger partial charge < -0.3 is 14.7 Å². The van der Waals surface area contributed by atoms with Crippen LogP contribution in [0.5, 0.6) is 0 Å². The van der Waals surface area contributed by atoms with Crippen LogP contribution < -0.4 is 4.90 Å². The molecule has 4 rings (SSSR count). The molecule has 1 aliphatic heterocycles. The summed E-state index contributed by atoms with van der Waals surface area (Å²) in [5.74, 6) is 1.58. The number of anilines is 1. The number of fused-ring (bicyclic) bond motifs is 1. The Hall–Kier alpha value is -2.57. The van der Waals surface area contributed by atoms with Gasteiger partial charge in [-0.1, -0.05) is 12.1 Å². The summed E-state index contributed by atoms with van der Waals surface area (Å²) < 4.78 is 5.69. The minimum Gasteiger partial charge on any atom is -0.394 e. The smallest absolute Gasteiger partial charge is 0.163 e. The topological polar surface area (TPSA) is 71.4 Å². The first-order chi connectivity index (χ1) is 12.3. The van der Waals surface area contributed by atoms with Crippen LogP contribution in [-0.4, -0.2) is 52.5 Å². The van der Waals surface area contributed by atoms with Gasteiger partial charge in [0.05, 0.1) is 24.8 Å². The maximum absolute atomic E-state index is 9.36. The molecule has 0 aliphatic carbocycles. The molecule has 1 atom stereocenters. The minimum atomic E-state index is -0.101. The standard InChI is InChI=1S/C19H20N4O2/c24-13-15-7-9-23(10-11-25-15)19-16-5-1-2-6-17(16)21-18(22-19)14-4-3-8-20-12-14/h1-6,8,12,15,24H,7,9-11,13H2. The normalized spacial score (nSPS) is 18.3. The second-order valence-electron chi connectivity index (χ2n) is 6.08. The van der Waals surface area contributed by atoms with Crippen molar-refractivity contribution in [3.63, 3.8) is 0 Å². The van der Waals surface area contributed by atoms with Crippen molar-refractivity contribution in [3.05, 3.63) is 48.8 Å². The number of pyridine rings is 1. The van der Waals surface area contributed by atoms with E-state index in [1.54, 1.807) is 12.4 Å². The summed E-state index contributed by atoms with van der Waals surface area (Å²) in [4.78, 5) is 16.0.